The molecule has 0 bridgehead atoms. The number of hydrogen-bond donors (Lipinski definition) is 2. The Kier molecular flexibility index (Phi) is 4.74. The fraction of sp³-hybridized carbons (Fsp3) is 0.333. The van der Waals surface area contributed by atoms with Crippen LogP contribution in [0.3, 0.4) is 0 Å². The Morgan fingerprint density at radius 3 is 2.61 bits per heavy atom. The number of nitrogens with zero attached hydrogens (tertiary/aromatic N) is 2. The number of aromatic nitrogens is 2. The Morgan fingerprint density at radius 2 is 2.04 bits per heavy atom. The summed E-state index contributed by atoms with van der Waals surface area (Å²) in [6.45, 7) is 5.77. The SMILES string of the molecule is CCn1cc(C(=O)Nc2cc(S(=O)(=O)CC)ccc2O)c(C)n1. The third kappa shape index (κ3) is 3.53. The van der Waals surface area contributed by atoms with Crippen molar-refractivity contribution in [3.05, 3.63) is 35.7 Å². The zero-order valence-corrected chi connectivity index (χ0v) is 14.0. The van der Waals surface area contributed by atoms with E-state index in [0.717, 1.165) is 0 Å². The van der Waals surface area contributed by atoms with Crippen LogP contribution in [0.25, 0.3) is 0 Å². The van der Waals surface area contributed by atoms with Crippen molar-refractivity contribution in [2.45, 2.75) is 32.2 Å². The lowest BCUT2D eigenvalue weighted by Crippen LogP contribution is -2.13. The molecule has 0 aliphatic rings. The van der Waals surface area contributed by atoms with Crippen LogP contribution in [-0.2, 0) is 16.4 Å². The number of hydrogen-bond acceptors (Lipinski definition) is 5. The maximum Gasteiger partial charge on any atom is 0.259 e. The predicted octanol–water partition coefficient (Wildman–Crippen LogP) is 1.96. The summed E-state index contributed by atoms with van der Waals surface area (Å²) in [6, 6.07) is 3.82. The fourth-order valence-electron chi connectivity index (χ4n) is 2.07. The van der Waals surface area contributed by atoms with E-state index in [1.807, 2.05) is 6.92 Å². The van der Waals surface area contributed by atoms with Gasteiger partial charge in [-0.05, 0) is 32.0 Å². The van der Waals surface area contributed by atoms with E-state index in [1.54, 1.807) is 17.8 Å². The molecule has 0 aliphatic heterocycles. The van der Waals surface area contributed by atoms with E-state index in [0.29, 0.717) is 17.8 Å². The molecule has 2 rings (SSSR count). The summed E-state index contributed by atoms with van der Waals surface area (Å²) < 4.78 is 25.4. The number of rotatable bonds is 5. The van der Waals surface area contributed by atoms with Crippen LogP contribution < -0.4 is 5.32 Å². The zero-order chi connectivity index (χ0) is 17.2. The normalized spacial score (nSPS) is 11.4. The first kappa shape index (κ1) is 17.0. The number of carbonyl (C=O) groups excluding carboxylic acids is 1. The number of sulfone groups is 1. The molecule has 1 aromatic heterocycles. The molecule has 7 nitrogen and oxygen atoms in total. The van der Waals surface area contributed by atoms with Gasteiger partial charge in [0.05, 0.1) is 27.6 Å². The lowest BCUT2D eigenvalue weighted by molar-refractivity contribution is 0.102. The number of phenols is 1. The Labute approximate surface area is 134 Å². The van der Waals surface area contributed by atoms with Gasteiger partial charge < -0.3 is 10.4 Å². The molecule has 1 aromatic carbocycles. The Bertz CT molecular complexity index is 840. The van der Waals surface area contributed by atoms with Gasteiger partial charge >= 0.3 is 0 Å². The Hall–Kier alpha value is -2.35. The second-order valence-corrected chi connectivity index (χ2v) is 7.30. The third-order valence-electron chi connectivity index (χ3n) is 3.47. The molecule has 2 N–H and O–H groups in total. The largest absolute Gasteiger partial charge is 0.506 e. The monoisotopic (exact) mass is 337 g/mol. The number of nitrogens with one attached hydrogen (secondary N) is 1. The van der Waals surface area contributed by atoms with Gasteiger partial charge in [-0.2, -0.15) is 5.10 Å². The molecule has 23 heavy (non-hydrogen) atoms. The number of amides is 1. The lowest BCUT2D eigenvalue weighted by atomic mass is 10.2. The molecule has 0 aliphatic carbocycles. The number of benzene rings is 1. The minimum atomic E-state index is -3.42. The quantitative estimate of drug-likeness (QED) is 0.812. The van der Waals surface area contributed by atoms with Crippen molar-refractivity contribution in [3.8, 4) is 5.75 Å². The molecular weight excluding hydrogens is 318 g/mol. The lowest BCUT2D eigenvalue weighted by Gasteiger charge is -2.09. The number of carbonyl (C=O) groups is 1. The smallest absolute Gasteiger partial charge is 0.259 e. The summed E-state index contributed by atoms with van der Waals surface area (Å²) in [6.07, 6.45) is 1.61. The average molecular weight is 337 g/mol. The van der Waals surface area contributed by atoms with Crippen LogP contribution in [0.15, 0.2) is 29.3 Å². The highest BCUT2D eigenvalue weighted by atomic mass is 32.2. The third-order valence-corrected chi connectivity index (χ3v) is 5.20. The molecule has 124 valence electrons. The molecule has 0 fully saturated rings. The molecule has 8 heteroatoms. The predicted molar refractivity (Wildman–Crippen MR) is 86.4 cm³/mol. The topological polar surface area (TPSA) is 101 Å². The van der Waals surface area contributed by atoms with Crippen molar-refractivity contribution in [3.63, 3.8) is 0 Å². The maximum absolute atomic E-state index is 12.3. The molecular formula is C15H19N3O4S. The average Bonchev–Trinajstić information content (AvgIpc) is 2.90. The molecule has 1 heterocycles. The zero-order valence-electron chi connectivity index (χ0n) is 13.2. The van der Waals surface area contributed by atoms with Crippen molar-refractivity contribution in [2.24, 2.45) is 0 Å². The van der Waals surface area contributed by atoms with Crippen LogP contribution in [0.4, 0.5) is 5.69 Å². The van der Waals surface area contributed by atoms with E-state index in [1.165, 1.54) is 25.1 Å². The van der Waals surface area contributed by atoms with Crippen LogP contribution in [0, 0.1) is 6.92 Å². The minimum Gasteiger partial charge on any atom is -0.506 e. The van der Waals surface area contributed by atoms with Crippen molar-refractivity contribution in [2.75, 3.05) is 11.1 Å². The van der Waals surface area contributed by atoms with Crippen LogP contribution in [0.2, 0.25) is 0 Å². The first-order chi connectivity index (χ1) is 10.8. The molecule has 2 aromatic rings. The van der Waals surface area contributed by atoms with Crippen molar-refractivity contribution in [1.29, 1.82) is 0 Å². The van der Waals surface area contributed by atoms with Crippen molar-refractivity contribution < 1.29 is 18.3 Å². The van der Waals surface area contributed by atoms with Crippen LogP contribution >= 0.6 is 0 Å². The van der Waals surface area contributed by atoms with Gasteiger partial charge in [-0.3, -0.25) is 9.48 Å². The molecule has 0 unspecified atom stereocenters. The second-order valence-electron chi connectivity index (χ2n) is 5.02. The second kappa shape index (κ2) is 6.41. The molecule has 0 atom stereocenters. The molecule has 0 spiro atoms. The van der Waals surface area contributed by atoms with Gasteiger partial charge in [-0.1, -0.05) is 6.92 Å². The van der Waals surface area contributed by atoms with Crippen LogP contribution in [-0.4, -0.2) is 35.0 Å². The van der Waals surface area contributed by atoms with E-state index in [4.69, 9.17) is 0 Å². The number of aryl methyl sites for hydroxylation is 2. The highest BCUT2D eigenvalue weighted by Gasteiger charge is 2.18. The highest BCUT2D eigenvalue weighted by molar-refractivity contribution is 7.91. The maximum atomic E-state index is 12.3. The fourth-order valence-corrected chi connectivity index (χ4v) is 2.97. The van der Waals surface area contributed by atoms with Gasteiger partial charge in [0.1, 0.15) is 5.75 Å². The van der Waals surface area contributed by atoms with Crippen molar-refractivity contribution in [1.82, 2.24) is 9.78 Å². The van der Waals surface area contributed by atoms with Crippen LogP contribution in [0.5, 0.6) is 5.75 Å². The summed E-state index contributed by atoms with van der Waals surface area (Å²) >= 11 is 0. The molecule has 0 saturated heterocycles. The van der Waals surface area contributed by atoms with Gasteiger partial charge in [-0.25, -0.2) is 8.42 Å². The summed E-state index contributed by atoms with van der Waals surface area (Å²) in [7, 11) is -3.42. The summed E-state index contributed by atoms with van der Waals surface area (Å²) in [5.74, 6) is -0.717. The molecule has 0 saturated carbocycles. The first-order valence-electron chi connectivity index (χ1n) is 7.19. The Balaban J connectivity index is 2.34. The summed E-state index contributed by atoms with van der Waals surface area (Å²) in [5, 5.41) is 16.6. The number of aromatic hydroxyl groups is 1. The van der Waals surface area contributed by atoms with E-state index in [-0.39, 0.29) is 22.1 Å². The molecule has 1 amide bonds. The summed E-state index contributed by atoms with van der Waals surface area (Å²) in [5.41, 5.74) is 0.976. The van der Waals surface area contributed by atoms with Gasteiger partial charge in [0.15, 0.2) is 9.84 Å². The minimum absolute atomic E-state index is 0.0492. The van der Waals surface area contributed by atoms with E-state index < -0.39 is 15.7 Å². The van der Waals surface area contributed by atoms with Gasteiger partial charge in [0.25, 0.3) is 5.91 Å². The van der Waals surface area contributed by atoms with Crippen LogP contribution in [0.1, 0.15) is 29.9 Å². The number of anilines is 1. The van der Waals surface area contributed by atoms with Gasteiger partial charge in [0.2, 0.25) is 0 Å². The molecule has 0 radical (unpaired) electrons. The van der Waals surface area contributed by atoms with Gasteiger partial charge in [0, 0.05) is 12.7 Å². The van der Waals surface area contributed by atoms with E-state index >= 15 is 0 Å². The Morgan fingerprint density at radius 1 is 1.35 bits per heavy atom. The standard InChI is InChI=1S/C15H19N3O4S/c1-4-18-9-12(10(3)17-18)15(20)16-13-8-11(6-7-14(13)19)23(21,22)5-2/h6-9,19H,4-5H2,1-3H3,(H,16,20). The first-order valence-corrected chi connectivity index (χ1v) is 8.85. The van der Waals surface area contributed by atoms with Crippen molar-refractivity contribution >= 4 is 21.4 Å². The van der Waals surface area contributed by atoms with E-state index in [9.17, 15) is 18.3 Å². The van der Waals surface area contributed by atoms with E-state index in [2.05, 4.69) is 10.4 Å². The summed E-state index contributed by atoms with van der Waals surface area (Å²) in [4.78, 5) is 12.4. The number of phenolic OH excluding ortho intramolecular Hbond substituents is 1. The van der Waals surface area contributed by atoms with Gasteiger partial charge in [-0.15, -0.1) is 0 Å². The highest BCUT2D eigenvalue weighted by Crippen LogP contribution is 2.27.